The summed E-state index contributed by atoms with van der Waals surface area (Å²) < 4.78 is 21.0. The molecule has 1 aromatic carbocycles. The van der Waals surface area contributed by atoms with Crippen molar-refractivity contribution in [2.24, 2.45) is 0 Å². The van der Waals surface area contributed by atoms with E-state index in [0.29, 0.717) is 18.0 Å². The molecule has 4 rings (SSSR count). The van der Waals surface area contributed by atoms with Crippen LogP contribution >= 0.6 is 11.3 Å². The maximum Gasteiger partial charge on any atom is 0.263 e. The van der Waals surface area contributed by atoms with Crippen LogP contribution in [-0.4, -0.2) is 22.7 Å². The Kier molecular flexibility index (Phi) is 3.29. The maximum atomic E-state index is 14.1. The quantitative estimate of drug-likeness (QED) is 0.924. The molecule has 0 aliphatic heterocycles. The van der Waals surface area contributed by atoms with Gasteiger partial charge in [-0.1, -0.05) is 17.4 Å². The number of halogens is 1. The fourth-order valence-electron chi connectivity index (χ4n) is 2.66. The van der Waals surface area contributed by atoms with Gasteiger partial charge in [-0.25, -0.2) is 9.37 Å². The molecule has 4 nitrogen and oxygen atoms in total. The first-order valence-corrected chi connectivity index (χ1v) is 8.52. The summed E-state index contributed by atoms with van der Waals surface area (Å²) in [6.07, 6.45) is 5.05. The van der Waals surface area contributed by atoms with E-state index in [4.69, 9.17) is 4.74 Å². The molecule has 1 N–H and O–H groups in total. The molecule has 0 saturated heterocycles. The van der Waals surface area contributed by atoms with Crippen molar-refractivity contribution in [3.63, 3.8) is 0 Å². The molecule has 116 valence electrons. The molecular formula is C16H17FN2O2S. The Hall–Kier alpha value is -1.69. The number of ether oxygens (including phenoxy) is 1. The fourth-order valence-corrected chi connectivity index (χ4v) is 3.58. The third-order valence-electron chi connectivity index (χ3n) is 4.50. The second kappa shape index (κ2) is 5.19. The van der Waals surface area contributed by atoms with Crippen LogP contribution in [-0.2, 0) is 4.79 Å². The summed E-state index contributed by atoms with van der Waals surface area (Å²) in [6.45, 7) is 0. The molecule has 0 atom stereocenters. The van der Waals surface area contributed by atoms with E-state index in [1.54, 1.807) is 0 Å². The van der Waals surface area contributed by atoms with E-state index in [9.17, 15) is 9.18 Å². The number of aromatic nitrogens is 1. The summed E-state index contributed by atoms with van der Waals surface area (Å²) in [7, 11) is 0. The van der Waals surface area contributed by atoms with Crippen molar-refractivity contribution in [3.05, 3.63) is 18.2 Å². The van der Waals surface area contributed by atoms with Gasteiger partial charge in [0.2, 0.25) is 0 Å². The average Bonchev–Trinajstić information content (AvgIpc) is 2.83. The first-order valence-electron chi connectivity index (χ1n) is 7.71. The highest BCUT2D eigenvalue weighted by Crippen LogP contribution is 2.39. The summed E-state index contributed by atoms with van der Waals surface area (Å²) in [5, 5.41) is 3.06. The van der Waals surface area contributed by atoms with Crippen molar-refractivity contribution in [3.8, 4) is 5.75 Å². The van der Waals surface area contributed by atoms with Gasteiger partial charge in [0.05, 0.1) is 16.3 Å². The van der Waals surface area contributed by atoms with Crippen LogP contribution in [0, 0.1) is 0 Å². The number of alkyl halides is 1. The van der Waals surface area contributed by atoms with Crippen LogP contribution in [0.4, 0.5) is 9.52 Å². The molecule has 22 heavy (non-hydrogen) atoms. The topological polar surface area (TPSA) is 51.2 Å². The molecule has 2 aromatic rings. The number of carbonyl (C=O) groups is 1. The molecule has 2 fully saturated rings. The largest absolute Gasteiger partial charge is 0.489 e. The molecule has 2 aliphatic carbocycles. The van der Waals surface area contributed by atoms with E-state index in [1.807, 2.05) is 18.2 Å². The number of carbonyl (C=O) groups excluding carboxylic acids is 1. The first-order chi connectivity index (χ1) is 10.6. The summed E-state index contributed by atoms with van der Waals surface area (Å²) >= 11 is 1.34. The smallest absolute Gasteiger partial charge is 0.263 e. The predicted octanol–water partition coefficient (Wildman–Crippen LogP) is 4.06. The highest BCUT2D eigenvalue weighted by molar-refractivity contribution is 7.22. The van der Waals surface area contributed by atoms with Gasteiger partial charge in [0.1, 0.15) is 5.75 Å². The van der Waals surface area contributed by atoms with Gasteiger partial charge in [-0.3, -0.25) is 10.1 Å². The zero-order chi connectivity index (χ0) is 15.2. The van der Waals surface area contributed by atoms with Crippen LogP contribution in [0.5, 0.6) is 5.75 Å². The summed E-state index contributed by atoms with van der Waals surface area (Å²) in [6, 6.07) is 5.70. The monoisotopic (exact) mass is 320 g/mol. The molecule has 1 heterocycles. The normalized spacial score (nSPS) is 20.2. The number of anilines is 1. The van der Waals surface area contributed by atoms with E-state index in [-0.39, 0.29) is 6.10 Å². The van der Waals surface area contributed by atoms with E-state index in [0.717, 1.165) is 35.2 Å². The third kappa shape index (κ3) is 2.35. The molecule has 0 radical (unpaired) electrons. The minimum atomic E-state index is -1.71. The number of benzene rings is 1. The van der Waals surface area contributed by atoms with Gasteiger partial charge in [0.15, 0.2) is 10.8 Å². The molecule has 2 aliphatic rings. The van der Waals surface area contributed by atoms with Gasteiger partial charge in [0.25, 0.3) is 5.91 Å². The van der Waals surface area contributed by atoms with Crippen molar-refractivity contribution in [1.82, 2.24) is 4.98 Å². The Labute approximate surface area is 131 Å². The number of nitrogens with one attached hydrogen (secondary N) is 1. The van der Waals surface area contributed by atoms with Gasteiger partial charge >= 0.3 is 0 Å². The molecular weight excluding hydrogens is 303 g/mol. The fraction of sp³-hybridized carbons (Fsp3) is 0.500. The van der Waals surface area contributed by atoms with E-state index >= 15 is 0 Å². The van der Waals surface area contributed by atoms with Crippen molar-refractivity contribution in [2.75, 3.05) is 5.32 Å². The van der Waals surface area contributed by atoms with Gasteiger partial charge in [0, 0.05) is 0 Å². The SMILES string of the molecule is O=C(Nc1nc2cccc(OC3CCC3)c2s1)C1(F)CCC1. The van der Waals surface area contributed by atoms with E-state index in [2.05, 4.69) is 10.3 Å². The Morgan fingerprint density at radius 3 is 2.82 bits per heavy atom. The lowest BCUT2D eigenvalue weighted by molar-refractivity contribution is -0.132. The number of nitrogens with zero attached hydrogens (tertiary/aromatic N) is 1. The number of thiazole rings is 1. The van der Waals surface area contributed by atoms with Crippen molar-refractivity contribution in [1.29, 1.82) is 0 Å². The minimum absolute atomic E-state index is 0.287. The van der Waals surface area contributed by atoms with Gasteiger partial charge in [-0.05, 0) is 50.7 Å². The second-order valence-corrected chi connectivity index (χ2v) is 7.07. The molecule has 2 saturated carbocycles. The lowest BCUT2D eigenvalue weighted by atomic mass is 9.81. The number of rotatable bonds is 4. The number of amides is 1. The summed E-state index contributed by atoms with van der Waals surface area (Å²) in [4.78, 5) is 16.3. The van der Waals surface area contributed by atoms with Crippen LogP contribution < -0.4 is 10.1 Å². The maximum absolute atomic E-state index is 14.1. The second-order valence-electron chi connectivity index (χ2n) is 6.07. The highest BCUT2D eigenvalue weighted by atomic mass is 32.1. The number of hydrogen-bond donors (Lipinski definition) is 1. The molecule has 0 spiro atoms. The zero-order valence-corrected chi connectivity index (χ0v) is 12.9. The Morgan fingerprint density at radius 1 is 1.36 bits per heavy atom. The highest BCUT2D eigenvalue weighted by Gasteiger charge is 2.44. The number of hydrogen-bond acceptors (Lipinski definition) is 4. The molecule has 1 aromatic heterocycles. The van der Waals surface area contributed by atoms with Crippen molar-refractivity contribution < 1.29 is 13.9 Å². The molecule has 0 unspecified atom stereocenters. The molecule has 1 amide bonds. The van der Waals surface area contributed by atoms with Crippen molar-refractivity contribution in [2.45, 2.75) is 50.3 Å². The van der Waals surface area contributed by atoms with Crippen LogP contribution in [0.3, 0.4) is 0 Å². The molecule has 6 heteroatoms. The van der Waals surface area contributed by atoms with Crippen LogP contribution in [0.2, 0.25) is 0 Å². The summed E-state index contributed by atoms with van der Waals surface area (Å²) in [5.74, 6) is 0.234. The van der Waals surface area contributed by atoms with Crippen LogP contribution in [0.1, 0.15) is 38.5 Å². The van der Waals surface area contributed by atoms with E-state index in [1.165, 1.54) is 17.8 Å². The van der Waals surface area contributed by atoms with Crippen molar-refractivity contribution >= 4 is 32.6 Å². The van der Waals surface area contributed by atoms with E-state index < -0.39 is 11.6 Å². The Morgan fingerprint density at radius 2 is 2.18 bits per heavy atom. The predicted molar refractivity (Wildman–Crippen MR) is 84.2 cm³/mol. The van der Waals surface area contributed by atoms with Crippen LogP contribution in [0.15, 0.2) is 18.2 Å². The van der Waals surface area contributed by atoms with Gasteiger partial charge in [-0.15, -0.1) is 0 Å². The van der Waals surface area contributed by atoms with Gasteiger partial charge in [-0.2, -0.15) is 0 Å². The van der Waals surface area contributed by atoms with Gasteiger partial charge < -0.3 is 4.74 Å². The van der Waals surface area contributed by atoms with Crippen LogP contribution in [0.25, 0.3) is 10.2 Å². The Bertz CT molecular complexity index is 722. The lowest BCUT2D eigenvalue weighted by Crippen LogP contribution is -2.44. The summed E-state index contributed by atoms with van der Waals surface area (Å²) in [5.41, 5.74) is -0.929. The minimum Gasteiger partial charge on any atom is -0.489 e. The first kappa shape index (κ1) is 13.9. The average molecular weight is 320 g/mol. The molecule has 0 bridgehead atoms. The standard InChI is InChI=1S/C16H17FN2O2S/c17-16(8-3-9-16)14(20)19-15-18-11-6-2-7-12(13(11)22-15)21-10-4-1-5-10/h2,6-7,10H,1,3-5,8-9H2,(H,18,19,20). The lowest BCUT2D eigenvalue weighted by Gasteiger charge is -2.31. The zero-order valence-electron chi connectivity index (χ0n) is 12.1. The third-order valence-corrected chi connectivity index (χ3v) is 5.50. The number of fused-ring (bicyclic) bond motifs is 1. The Balaban J connectivity index is 1.57.